The smallest absolute Gasteiger partial charge is 0.331 e. The summed E-state index contributed by atoms with van der Waals surface area (Å²) in [5, 5.41) is 22.9. The first kappa shape index (κ1) is 24.6. The number of carbonyl (C=O) groups excluding carboxylic acids is 2. The number of ether oxygens (including phenoxy) is 1. The van der Waals surface area contributed by atoms with Gasteiger partial charge in [0.15, 0.2) is 5.78 Å². The van der Waals surface area contributed by atoms with E-state index in [1.807, 2.05) is 50.3 Å². The van der Waals surface area contributed by atoms with E-state index in [0.717, 1.165) is 17.6 Å². The Bertz CT molecular complexity index is 1050. The first-order valence-corrected chi connectivity index (χ1v) is 12.2. The number of hydrogen-bond donors (Lipinski definition) is 2. The molecule has 0 spiro atoms. The number of ketones is 1. The lowest BCUT2D eigenvalue weighted by Crippen LogP contribution is -2.52. The second-order valence-corrected chi connectivity index (χ2v) is 11.0. The van der Waals surface area contributed by atoms with Gasteiger partial charge in [-0.3, -0.25) is 4.79 Å². The molecule has 2 fully saturated rings. The summed E-state index contributed by atoms with van der Waals surface area (Å²) in [6, 6.07) is 9.42. The Morgan fingerprint density at radius 3 is 2.53 bits per heavy atom. The maximum absolute atomic E-state index is 13.6. The van der Waals surface area contributed by atoms with Crippen LogP contribution in [0.1, 0.15) is 53.0 Å². The molecule has 2 saturated carbocycles. The molecule has 3 aliphatic rings. The van der Waals surface area contributed by atoms with Crippen LogP contribution in [0.4, 0.5) is 0 Å². The summed E-state index contributed by atoms with van der Waals surface area (Å²) in [4.78, 5) is 26.4. The van der Waals surface area contributed by atoms with Gasteiger partial charge in [-0.05, 0) is 72.6 Å². The number of benzene rings is 1. The lowest BCUT2D eigenvalue weighted by Gasteiger charge is -2.36. The molecule has 0 aromatic heterocycles. The number of aliphatic hydroxyl groups excluding tert-OH is 1. The number of esters is 1. The molecule has 4 rings (SSSR count). The summed E-state index contributed by atoms with van der Waals surface area (Å²) in [6.45, 7) is 9.82. The van der Waals surface area contributed by atoms with E-state index in [4.69, 9.17) is 4.74 Å². The molecule has 0 heterocycles. The summed E-state index contributed by atoms with van der Waals surface area (Å²) >= 11 is 0. The second kappa shape index (κ2) is 8.94. The molecule has 5 heteroatoms. The van der Waals surface area contributed by atoms with E-state index >= 15 is 0 Å². The van der Waals surface area contributed by atoms with Gasteiger partial charge >= 0.3 is 5.97 Å². The quantitative estimate of drug-likeness (QED) is 0.391. The molecule has 0 saturated heterocycles. The van der Waals surface area contributed by atoms with Crippen LogP contribution < -0.4 is 0 Å². The lowest BCUT2D eigenvalue weighted by atomic mass is 9.77. The Hall–Kier alpha value is -2.50. The van der Waals surface area contributed by atoms with E-state index in [0.29, 0.717) is 11.5 Å². The second-order valence-electron chi connectivity index (χ2n) is 11.0. The molecule has 2 N–H and O–H groups in total. The predicted molar refractivity (Wildman–Crippen MR) is 131 cm³/mol. The third-order valence-corrected chi connectivity index (χ3v) is 8.38. The van der Waals surface area contributed by atoms with E-state index in [-0.39, 0.29) is 29.5 Å². The van der Waals surface area contributed by atoms with Crippen LogP contribution in [0.15, 0.2) is 59.7 Å². The van der Waals surface area contributed by atoms with Crippen LogP contribution in [-0.2, 0) is 14.3 Å². The van der Waals surface area contributed by atoms with E-state index in [1.165, 1.54) is 6.08 Å². The fourth-order valence-corrected chi connectivity index (χ4v) is 6.08. The highest BCUT2D eigenvalue weighted by atomic mass is 16.5. The molecule has 0 radical (unpaired) electrons. The third-order valence-electron chi connectivity index (χ3n) is 8.38. The minimum Gasteiger partial charge on any atom is -0.454 e. The zero-order chi connectivity index (χ0) is 24.8. The van der Waals surface area contributed by atoms with Gasteiger partial charge in [0.25, 0.3) is 0 Å². The Morgan fingerprint density at radius 2 is 1.85 bits per heavy atom. The number of carbonyl (C=O) groups is 2. The number of aliphatic hydroxyl groups is 2. The van der Waals surface area contributed by atoms with Gasteiger partial charge in [0.1, 0.15) is 11.7 Å². The van der Waals surface area contributed by atoms with Crippen LogP contribution in [0.25, 0.3) is 6.08 Å². The summed E-state index contributed by atoms with van der Waals surface area (Å²) < 4.78 is 5.89. The highest BCUT2D eigenvalue weighted by Crippen LogP contribution is 2.61. The van der Waals surface area contributed by atoms with Crippen LogP contribution >= 0.6 is 0 Å². The highest BCUT2D eigenvalue weighted by molar-refractivity contribution is 6.02. The summed E-state index contributed by atoms with van der Waals surface area (Å²) in [6.07, 6.45) is 6.09. The fraction of sp³-hybridized carbons (Fsp3) is 0.517. The van der Waals surface area contributed by atoms with Gasteiger partial charge < -0.3 is 14.9 Å². The van der Waals surface area contributed by atoms with Crippen molar-refractivity contribution >= 4 is 17.8 Å². The number of fused-ring (bicyclic) bond motifs is 2. The van der Waals surface area contributed by atoms with Crippen molar-refractivity contribution in [1.29, 1.82) is 0 Å². The Labute approximate surface area is 202 Å². The minimum absolute atomic E-state index is 0.0621. The number of allylic oxidation sites excluding steroid dienone is 2. The molecule has 182 valence electrons. The van der Waals surface area contributed by atoms with Gasteiger partial charge in [0.05, 0.1) is 12.0 Å². The maximum atomic E-state index is 13.6. The van der Waals surface area contributed by atoms with Crippen LogP contribution in [0, 0.1) is 29.1 Å². The van der Waals surface area contributed by atoms with Crippen molar-refractivity contribution < 1.29 is 24.5 Å². The average Bonchev–Trinajstić information content (AvgIpc) is 3.22. The van der Waals surface area contributed by atoms with Crippen molar-refractivity contribution in [2.45, 2.75) is 65.3 Å². The fourth-order valence-electron chi connectivity index (χ4n) is 6.08. The van der Waals surface area contributed by atoms with E-state index in [2.05, 4.69) is 19.9 Å². The maximum Gasteiger partial charge on any atom is 0.331 e. The Morgan fingerprint density at radius 1 is 1.18 bits per heavy atom. The van der Waals surface area contributed by atoms with E-state index in [1.54, 1.807) is 13.0 Å². The molecule has 0 amide bonds. The SMILES string of the molecule is C/C1=C/C[C@H]2[C@@H](/C=C(\C)C(=O)[C@@]3(O)C[C@H](C)[C@H](O)[C@@H]3[C@H]1OC(=O)/C=C/c1ccccc1)C2(C)C. The van der Waals surface area contributed by atoms with Gasteiger partial charge in [-0.15, -0.1) is 0 Å². The van der Waals surface area contributed by atoms with Crippen LogP contribution in [0.3, 0.4) is 0 Å². The van der Waals surface area contributed by atoms with E-state index in [9.17, 15) is 19.8 Å². The number of Topliss-reactive ketones (excluding diaryl/α,β-unsaturated/α-hetero) is 1. The van der Waals surface area contributed by atoms with Crippen molar-refractivity contribution in [2.24, 2.45) is 29.1 Å². The lowest BCUT2D eigenvalue weighted by molar-refractivity contribution is -0.158. The average molecular weight is 465 g/mol. The minimum atomic E-state index is -1.80. The van der Waals surface area contributed by atoms with Gasteiger partial charge in [0, 0.05) is 6.08 Å². The largest absolute Gasteiger partial charge is 0.454 e. The van der Waals surface area contributed by atoms with Crippen molar-refractivity contribution in [2.75, 3.05) is 0 Å². The molecule has 0 bridgehead atoms. The van der Waals surface area contributed by atoms with E-state index < -0.39 is 29.7 Å². The van der Waals surface area contributed by atoms with Gasteiger partial charge in [-0.1, -0.05) is 63.3 Å². The van der Waals surface area contributed by atoms with Crippen LogP contribution in [0.2, 0.25) is 0 Å². The van der Waals surface area contributed by atoms with Crippen molar-refractivity contribution in [3.63, 3.8) is 0 Å². The van der Waals surface area contributed by atoms with Crippen molar-refractivity contribution in [1.82, 2.24) is 0 Å². The molecule has 7 atom stereocenters. The third kappa shape index (κ3) is 4.32. The monoisotopic (exact) mass is 464 g/mol. The molecule has 1 aromatic rings. The molecule has 0 aliphatic heterocycles. The Balaban J connectivity index is 1.71. The molecule has 5 nitrogen and oxygen atoms in total. The predicted octanol–water partition coefficient (Wildman–Crippen LogP) is 4.50. The molecule has 34 heavy (non-hydrogen) atoms. The van der Waals surface area contributed by atoms with Crippen LogP contribution in [-0.4, -0.2) is 39.8 Å². The van der Waals surface area contributed by atoms with Gasteiger partial charge in [-0.25, -0.2) is 4.79 Å². The van der Waals surface area contributed by atoms with Crippen molar-refractivity contribution in [3.05, 3.63) is 65.3 Å². The first-order chi connectivity index (χ1) is 16.0. The topological polar surface area (TPSA) is 83.8 Å². The van der Waals surface area contributed by atoms with Gasteiger partial charge in [-0.2, -0.15) is 0 Å². The number of rotatable bonds is 3. The summed E-state index contributed by atoms with van der Waals surface area (Å²) in [5.74, 6) is -1.58. The molecule has 3 aliphatic carbocycles. The molecular weight excluding hydrogens is 428 g/mol. The van der Waals surface area contributed by atoms with Gasteiger partial charge in [0.2, 0.25) is 0 Å². The number of hydrogen-bond acceptors (Lipinski definition) is 5. The molecular formula is C29H36O5. The highest BCUT2D eigenvalue weighted by Gasteiger charge is 2.61. The molecule has 0 unspecified atom stereocenters. The zero-order valence-electron chi connectivity index (χ0n) is 20.7. The molecule has 1 aromatic carbocycles. The van der Waals surface area contributed by atoms with Crippen molar-refractivity contribution in [3.8, 4) is 0 Å². The normalized spacial score (nSPS) is 40.3. The summed E-state index contributed by atoms with van der Waals surface area (Å²) in [7, 11) is 0. The summed E-state index contributed by atoms with van der Waals surface area (Å²) in [5.41, 5.74) is 0.390. The standard InChI is InChI=1S/C29H36O5/c1-17-11-13-21-22(28(21,4)5)15-18(2)27(32)29(33)16-19(3)25(31)24(29)26(17)34-23(30)14-12-20-9-7-6-8-10-20/h6-12,14-15,19,21-22,24-26,31,33H,13,16H2,1-5H3/b14-12+,17-11-,18-15+/t19-,21-,22+,24+,25-,26-,29+/m0/s1. The zero-order valence-corrected chi connectivity index (χ0v) is 20.7. The Kier molecular flexibility index (Phi) is 6.47. The van der Waals surface area contributed by atoms with Crippen LogP contribution in [0.5, 0.6) is 0 Å². The first-order valence-electron chi connectivity index (χ1n) is 12.2.